The summed E-state index contributed by atoms with van der Waals surface area (Å²) in [6.45, 7) is 3.19. The lowest BCUT2D eigenvalue weighted by Crippen LogP contribution is -2.20. The molecule has 0 saturated carbocycles. The zero-order chi connectivity index (χ0) is 9.68. The Morgan fingerprint density at radius 3 is 3.08 bits per heavy atom. The molecule has 1 aromatic rings. The van der Waals surface area contributed by atoms with E-state index in [0.29, 0.717) is 6.04 Å². The van der Waals surface area contributed by atoms with Crippen LogP contribution in [0.15, 0.2) is 9.98 Å². The lowest BCUT2D eigenvalue weighted by atomic mass is 10.3. The smallest absolute Gasteiger partial charge is 0.110 e. The van der Waals surface area contributed by atoms with Gasteiger partial charge in [-0.1, -0.05) is 0 Å². The van der Waals surface area contributed by atoms with Gasteiger partial charge in [-0.25, -0.2) is 4.98 Å². The van der Waals surface area contributed by atoms with Gasteiger partial charge in [0, 0.05) is 12.3 Å². The molecule has 0 aliphatic heterocycles. The first kappa shape index (κ1) is 11.5. The molecule has 1 N–H and O–H groups in total. The van der Waals surface area contributed by atoms with Crippen LogP contribution >= 0.6 is 39.0 Å². The normalized spacial score (nSPS) is 13.2. The molecule has 0 aliphatic rings. The number of thiazole rings is 1. The van der Waals surface area contributed by atoms with Crippen LogP contribution in [0.25, 0.3) is 0 Å². The Kier molecular flexibility index (Phi) is 5.31. The minimum absolute atomic E-state index is 0.364. The van der Waals surface area contributed by atoms with Gasteiger partial charge in [0.25, 0.3) is 0 Å². The minimum Gasteiger partial charge on any atom is -0.307 e. The zero-order valence-electron chi connectivity index (χ0n) is 7.71. The molecule has 0 amide bonds. The molecule has 1 unspecified atom stereocenters. The highest BCUT2D eigenvalue weighted by atomic mass is 79.9. The highest BCUT2D eigenvalue weighted by Gasteiger charge is 2.07. The van der Waals surface area contributed by atoms with Crippen molar-refractivity contribution >= 4 is 39.0 Å². The van der Waals surface area contributed by atoms with E-state index in [1.54, 1.807) is 11.3 Å². The predicted molar refractivity (Wildman–Crippen MR) is 64.6 cm³/mol. The van der Waals surface area contributed by atoms with Crippen molar-refractivity contribution in [3.8, 4) is 0 Å². The van der Waals surface area contributed by atoms with Gasteiger partial charge in [-0.2, -0.15) is 11.8 Å². The van der Waals surface area contributed by atoms with Crippen LogP contribution in [0.4, 0.5) is 0 Å². The molecule has 2 nitrogen and oxygen atoms in total. The minimum atomic E-state index is 0.364. The second-order valence-corrected chi connectivity index (χ2v) is 6.10. The van der Waals surface area contributed by atoms with Crippen LogP contribution in [-0.2, 0) is 0 Å². The van der Waals surface area contributed by atoms with Gasteiger partial charge in [0.1, 0.15) is 5.01 Å². The number of hydrogen-bond acceptors (Lipinski definition) is 4. The van der Waals surface area contributed by atoms with E-state index in [2.05, 4.69) is 39.4 Å². The molecule has 13 heavy (non-hydrogen) atoms. The zero-order valence-corrected chi connectivity index (χ0v) is 10.9. The van der Waals surface area contributed by atoms with Crippen molar-refractivity contribution in [1.29, 1.82) is 0 Å². The molecule has 0 spiro atoms. The second kappa shape index (κ2) is 6.01. The fourth-order valence-electron chi connectivity index (χ4n) is 0.932. The summed E-state index contributed by atoms with van der Waals surface area (Å²) in [7, 11) is 0. The summed E-state index contributed by atoms with van der Waals surface area (Å²) in [6, 6.07) is 0.364. The number of nitrogens with one attached hydrogen (secondary N) is 1. The molecule has 0 aromatic carbocycles. The average molecular weight is 281 g/mol. The molecule has 74 valence electrons. The third-order valence-electron chi connectivity index (χ3n) is 1.62. The maximum atomic E-state index is 4.30. The third kappa shape index (κ3) is 3.97. The maximum absolute atomic E-state index is 4.30. The van der Waals surface area contributed by atoms with Crippen LogP contribution in [0.5, 0.6) is 0 Å². The van der Waals surface area contributed by atoms with Gasteiger partial charge >= 0.3 is 0 Å². The Labute approximate surface area is 95.7 Å². The van der Waals surface area contributed by atoms with Crippen LogP contribution < -0.4 is 5.32 Å². The fraction of sp³-hybridized carbons (Fsp3) is 0.625. The Bertz CT molecular complexity index is 252. The number of rotatable bonds is 5. The lowest BCUT2D eigenvalue weighted by Gasteiger charge is -2.09. The van der Waals surface area contributed by atoms with Crippen molar-refractivity contribution in [1.82, 2.24) is 10.3 Å². The van der Waals surface area contributed by atoms with E-state index in [1.165, 1.54) is 0 Å². The number of aromatic nitrogens is 1. The number of halogens is 1. The second-order valence-electron chi connectivity index (χ2n) is 2.67. The van der Waals surface area contributed by atoms with E-state index in [1.807, 2.05) is 18.0 Å². The molecular formula is C8H13BrN2S2. The highest BCUT2D eigenvalue weighted by molar-refractivity contribution is 9.11. The molecule has 5 heteroatoms. The van der Waals surface area contributed by atoms with Gasteiger partial charge in [0.2, 0.25) is 0 Å². The molecule has 0 radical (unpaired) electrons. The summed E-state index contributed by atoms with van der Waals surface area (Å²) in [5.41, 5.74) is 0. The van der Waals surface area contributed by atoms with Crippen molar-refractivity contribution in [2.24, 2.45) is 0 Å². The molecule has 0 fully saturated rings. The lowest BCUT2D eigenvalue weighted by molar-refractivity contribution is 0.598. The van der Waals surface area contributed by atoms with Gasteiger partial charge in [0.15, 0.2) is 0 Å². The molecule has 0 bridgehead atoms. The van der Waals surface area contributed by atoms with Crippen LogP contribution in [0.1, 0.15) is 18.0 Å². The Morgan fingerprint density at radius 2 is 2.54 bits per heavy atom. The van der Waals surface area contributed by atoms with E-state index in [-0.39, 0.29) is 0 Å². The quantitative estimate of drug-likeness (QED) is 0.840. The molecule has 1 rings (SSSR count). The first-order chi connectivity index (χ1) is 6.24. The summed E-state index contributed by atoms with van der Waals surface area (Å²) >= 11 is 6.95. The van der Waals surface area contributed by atoms with Gasteiger partial charge in [0.05, 0.1) is 16.0 Å². The Hall–Kier alpha value is 0.420. The van der Waals surface area contributed by atoms with Gasteiger partial charge in [-0.05, 0) is 29.1 Å². The van der Waals surface area contributed by atoms with Gasteiger partial charge < -0.3 is 5.32 Å². The molecular weight excluding hydrogens is 268 g/mol. The summed E-state index contributed by atoms with van der Waals surface area (Å²) in [6.07, 6.45) is 3.97. The highest BCUT2D eigenvalue weighted by Crippen LogP contribution is 2.23. The molecule has 0 saturated heterocycles. The van der Waals surface area contributed by atoms with Crippen LogP contribution in [0.3, 0.4) is 0 Å². The first-order valence-corrected chi connectivity index (χ1v) is 7.08. The molecule has 0 aliphatic carbocycles. The van der Waals surface area contributed by atoms with E-state index in [0.717, 1.165) is 21.1 Å². The van der Waals surface area contributed by atoms with Crippen molar-refractivity contribution in [3.05, 3.63) is 15.0 Å². The fourth-order valence-corrected chi connectivity index (χ4v) is 2.52. The monoisotopic (exact) mass is 280 g/mol. The van der Waals surface area contributed by atoms with Crippen LogP contribution in [0, 0.1) is 0 Å². The van der Waals surface area contributed by atoms with E-state index in [9.17, 15) is 0 Å². The maximum Gasteiger partial charge on any atom is 0.110 e. The summed E-state index contributed by atoms with van der Waals surface area (Å²) < 4.78 is 1.10. The SMILES string of the molecule is CSCCNC(C)c1ncc(Br)s1. The summed E-state index contributed by atoms with van der Waals surface area (Å²) in [4.78, 5) is 4.30. The predicted octanol–water partition coefficient (Wildman–Crippen LogP) is 2.92. The van der Waals surface area contributed by atoms with E-state index < -0.39 is 0 Å². The van der Waals surface area contributed by atoms with E-state index in [4.69, 9.17) is 0 Å². The summed E-state index contributed by atoms with van der Waals surface area (Å²) in [5, 5.41) is 4.57. The Morgan fingerprint density at radius 1 is 1.77 bits per heavy atom. The van der Waals surface area contributed by atoms with Crippen molar-refractivity contribution in [2.75, 3.05) is 18.6 Å². The van der Waals surface area contributed by atoms with Crippen LogP contribution in [0.2, 0.25) is 0 Å². The number of nitrogens with zero attached hydrogens (tertiary/aromatic N) is 1. The van der Waals surface area contributed by atoms with Crippen molar-refractivity contribution < 1.29 is 0 Å². The third-order valence-corrected chi connectivity index (χ3v) is 3.89. The number of thioether (sulfide) groups is 1. The average Bonchev–Trinajstić information content (AvgIpc) is 2.52. The largest absolute Gasteiger partial charge is 0.307 e. The molecule has 1 aromatic heterocycles. The molecule has 1 heterocycles. The topological polar surface area (TPSA) is 24.9 Å². The van der Waals surface area contributed by atoms with Gasteiger partial charge in [-0.3, -0.25) is 0 Å². The standard InChI is InChI=1S/C8H13BrN2S2/c1-6(10-3-4-12-2)8-11-5-7(9)13-8/h5-6,10H,3-4H2,1-2H3. The van der Waals surface area contributed by atoms with Gasteiger partial charge in [-0.15, -0.1) is 11.3 Å². The van der Waals surface area contributed by atoms with Crippen LogP contribution in [-0.4, -0.2) is 23.5 Å². The Balaban J connectivity index is 2.35. The van der Waals surface area contributed by atoms with Crippen molar-refractivity contribution in [3.63, 3.8) is 0 Å². The number of hydrogen-bond donors (Lipinski definition) is 1. The van der Waals surface area contributed by atoms with E-state index >= 15 is 0 Å². The first-order valence-electron chi connectivity index (χ1n) is 4.07. The summed E-state index contributed by atoms with van der Waals surface area (Å²) in [5.74, 6) is 1.15. The molecule has 1 atom stereocenters. The van der Waals surface area contributed by atoms with Crippen molar-refractivity contribution in [2.45, 2.75) is 13.0 Å².